The number of ketones is 1. The molecule has 0 unspecified atom stereocenters. The average Bonchev–Trinajstić information content (AvgIpc) is 2.38. The van der Waals surface area contributed by atoms with Crippen LogP contribution in [0.25, 0.3) is 6.08 Å². The van der Waals surface area contributed by atoms with E-state index >= 15 is 0 Å². The molecule has 0 spiro atoms. The van der Waals surface area contributed by atoms with Crippen molar-refractivity contribution >= 4 is 34.1 Å². The highest BCUT2D eigenvalue weighted by Gasteiger charge is 1.87. The number of rotatable bonds is 4. The molecule has 2 nitrogen and oxygen atoms in total. The predicted molar refractivity (Wildman–Crippen MR) is 74.8 cm³/mol. The lowest BCUT2D eigenvalue weighted by Crippen LogP contribution is -1.88. The topological polar surface area (TPSA) is 34.1 Å². The van der Waals surface area contributed by atoms with Gasteiger partial charge in [0.25, 0.3) is 0 Å². The summed E-state index contributed by atoms with van der Waals surface area (Å²) in [6, 6.07) is 7.74. The van der Waals surface area contributed by atoms with Crippen LogP contribution in [0.1, 0.15) is 32.3 Å². The second-order valence-electron chi connectivity index (χ2n) is 3.29. The first-order chi connectivity index (χ1) is 8.13. The summed E-state index contributed by atoms with van der Waals surface area (Å²) >= 11 is 3.32. The van der Waals surface area contributed by atoms with Crippen molar-refractivity contribution in [2.75, 3.05) is 0 Å². The number of carbonyl (C=O) groups is 2. The number of carbonyl (C=O) groups excluding carboxylic acids is 2. The van der Waals surface area contributed by atoms with E-state index in [4.69, 9.17) is 0 Å². The molecule has 0 aliphatic heterocycles. The molecular formula is C14H17BrO2. The molecule has 1 rings (SSSR count). The maximum Gasteiger partial charge on any atom is 0.142 e. The predicted octanol–water partition coefficient (Wildman–Crippen LogP) is 4.04. The van der Waals surface area contributed by atoms with Gasteiger partial charge in [-0.2, -0.15) is 0 Å². The summed E-state index contributed by atoms with van der Waals surface area (Å²) in [5, 5.41) is 0. The molecular weight excluding hydrogens is 280 g/mol. The fraction of sp³-hybridized carbons (Fsp3) is 0.286. The van der Waals surface area contributed by atoms with Crippen molar-refractivity contribution in [3.8, 4) is 0 Å². The Morgan fingerprint density at radius 3 is 2.06 bits per heavy atom. The van der Waals surface area contributed by atoms with Crippen molar-refractivity contribution in [1.82, 2.24) is 0 Å². The number of hydrogen-bond donors (Lipinski definition) is 0. The second-order valence-corrected chi connectivity index (χ2v) is 4.21. The van der Waals surface area contributed by atoms with Crippen molar-refractivity contribution < 1.29 is 9.59 Å². The van der Waals surface area contributed by atoms with Crippen LogP contribution >= 0.6 is 15.9 Å². The van der Waals surface area contributed by atoms with E-state index in [1.165, 1.54) is 6.08 Å². The third-order valence-corrected chi connectivity index (χ3v) is 2.55. The molecule has 0 N–H and O–H groups in total. The Hall–Kier alpha value is -1.22. The molecule has 0 saturated carbocycles. The van der Waals surface area contributed by atoms with E-state index < -0.39 is 0 Å². The lowest BCUT2D eigenvalue weighted by Gasteiger charge is -1.91. The van der Waals surface area contributed by atoms with Crippen LogP contribution in [0.2, 0.25) is 0 Å². The number of Topliss-reactive ketones (excluding diaryl/α,β-unsaturated/α-hetero) is 1. The van der Waals surface area contributed by atoms with Crippen molar-refractivity contribution in [2.45, 2.75) is 26.7 Å². The highest BCUT2D eigenvalue weighted by molar-refractivity contribution is 9.10. The molecule has 3 heteroatoms. The maximum atomic E-state index is 10.2. The summed E-state index contributed by atoms with van der Waals surface area (Å²) in [7, 11) is 0. The third-order valence-electron chi connectivity index (χ3n) is 2.03. The minimum atomic E-state index is 0.343. The van der Waals surface area contributed by atoms with Gasteiger partial charge in [0.1, 0.15) is 12.1 Å². The molecule has 0 fully saturated rings. The fourth-order valence-electron chi connectivity index (χ4n) is 0.974. The molecule has 0 aliphatic rings. The van der Waals surface area contributed by atoms with E-state index in [0.717, 1.165) is 16.3 Å². The Bertz CT molecular complexity index is 360. The largest absolute Gasteiger partial charge is 0.300 e. The number of hydrogen-bond acceptors (Lipinski definition) is 2. The molecule has 0 atom stereocenters. The van der Waals surface area contributed by atoms with Crippen LogP contribution < -0.4 is 0 Å². The molecule has 1 aromatic rings. The molecule has 92 valence electrons. The first kappa shape index (κ1) is 15.8. The third kappa shape index (κ3) is 8.57. The van der Waals surface area contributed by atoms with Crippen LogP contribution in [0, 0.1) is 0 Å². The first-order valence-electron chi connectivity index (χ1n) is 5.53. The Labute approximate surface area is 111 Å². The van der Waals surface area contributed by atoms with Gasteiger partial charge in [0.05, 0.1) is 0 Å². The van der Waals surface area contributed by atoms with Crippen LogP contribution in [-0.2, 0) is 9.59 Å². The summed E-state index contributed by atoms with van der Waals surface area (Å²) in [6.07, 6.45) is 5.39. The smallest absolute Gasteiger partial charge is 0.142 e. The van der Waals surface area contributed by atoms with Gasteiger partial charge in [-0.1, -0.05) is 48.0 Å². The number of aldehydes is 1. The maximum absolute atomic E-state index is 10.2. The van der Waals surface area contributed by atoms with Crippen molar-refractivity contribution in [1.29, 1.82) is 0 Å². The molecule has 0 bridgehead atoms. The minimum absolute atomic E-state index is 0.343. The first-order valence-corrected chi connectivity index (χ1v) is 6.32. The number of halogens is 1. The SMILES string of the molecule is CCC(=O)CC.O=C/C=C/c1ccc(Br)cc1. The zero-order valence-corrected chi connectivity index (χ0v) is 11.7. The monoisotopic (exact) mass is 296 g/mol. The zero-order chi connectivity index (χ0) is 13.1. The van der Waals surface area contributed by atoms with Crippen LogP contribution in [0.5, 0.6) is 0 Å². The summed E-state index contributed by atoms with van der Waals surface area (Å²) in [4.78, 5) is 20.1. The fourth-order valence-corrected chi connectivity index (χ4v) is 1.24. The van der Waals surface area contributed by atoms with Gasteiger partial charge in [-0.3, -0.25) is 9.59 Å². The van der Waals surface area contributed by atoms with Gasteiger partial charge in [-0.15, -0.1) is 0 Å². The molecule has 0 aliphatic carbocycles. The molecule has 0 heterocycles. The molecule has 1 aromatic carbocycles. The number of benzene rings is 1. The Morgan fingerprint density at radius 2 is 1.71 bits per heavy atom. The van der Waals surface area contributed by atoms with Crippen LogP contribution in [0.15, 0.2) is 34.8 Å². The average molecular weight is 297 g/mol. The summed E-state index contributed by atoms with van der Waals surface area (Å²) < 4.78 is 1.04. The lowest BCUT2D eigenvalue weighted by molar-refractivity contribution is -0.118. The highest BCUT2D eigenvalue weighted by atomic mass is 79.9. The van der Waals surface area contributed by atoms with Crippen molar-refractivity contribution in [3.63, 3.8) is 0 Å². The van der Waals surface area contributed by atoms with Crippen molar-refractivity contribution in [3.05, 3.63) is 40.4 Å². The molecule has 0 aromatic heterocycles. The van der Waals surface area contributed by atoms with Gasteiger partial charge in [-0.05, 0) is 23.8 Å². The summed E-state index contributed by atoms with van der Waals surface area (Å²) in [5.74, 6) is 0.343. The van der Waals surface area contributed by atoms with Gasteiger partial charge in [0.15, 0.2) is 0 Å². The quantitative estimate of drug-likeness (QED) is 0.621. The van der Waals surface area contributed by atoms with E-state index in [2.05, 4.69) is 15.9 Å². The number of allylic oxidation sites excluding steroid dienone is 1. The van der Waals surface area contributed by atoms with Crippen LogP contribution in [0.3, 0.4) is 0 Å². The van der Waals surface area contributed by atoms with Gasteiger partial charge in [-0.25, -0.2) is 0 Å². The Morgan fingerprint density at radius 1 is 1.18 bits per heavy atom. The Kier molecular flexibility index (Phi) is 9.25. The van der Waals surface area contributed by atoms with E-state index in [1.54, 1.807) is 6.08 Å². The summed E-state index contributed by atoms with van der Waals surface area (Å²) in [6.45, 7) is 3.76. The van der Waals surface area contributed by atoms with Gasteiger partial charge in [0.2, 0.25) is 0 Å². The second kappa shape index (κ2) is 9.97. The summed E-state index contributed by atoms with van der Waals surface area (Å²) in [5.41, 5.74) is 1.03. The van der Waals surface area contributed by atoms with E-state index in [9.17, 15) is 9.59 Å². The molecule has 0 amide bonds. The van der Waals surface area contributed by atoms with E-state index in [1.807, 2.05) is 38.1 Å². The van der Waals surface area contributed by atoms with Crippen molar-refractivity contribution in [2.24, 2.45) is 0 Å². The Balaban J connectivity index is 0.000000366. The lowest BCUT2D eigenvalue weighted by atomic mass is 10.2. The molecule has 17 heavy (non-hydrogen) atoms. The minimum Gasteiger partial charge on any atom is -0.300 e. The van der Waals surface area contributed by atoms with E-state index in [-0.39, 0.29) is 0 Å². The normalized spacial score (nSPS) is 9.59. The van der Waals surface area contributed by atoms with Gasteiger partial charge in [0, 0.05) is 17.3 Å². The van der Waals surface area contributed by atoms with Gasteiger partial charge >= 0.3 is 0 Å². The standard InChI is InChI=1S/C9H7BrO.C5H10O/c10-9-5-3-8(4-6-9)2-1-7-11;1-3-5(6)4-2/h1-7H;3-4H2,1-2H3/b2-1+;. The highest BCUT2D eigenvalue weighted by Crippen LogP contribution is 2.10. The van der Waals surface area contributed by atoms with Gasteiger partial charge < -0.3 is 0 Å². The van der Waals surface area contributed by atoms with Crippen LogP contribution in [-0.4, -0.2) is 12.1 Å². The zero-order valence-electron chi connectivity index (χ0n) is 10.2. The van der Waals surface area contributed by atoms with E-state index in [0.29, 0.717) is 18.6 Å². The van der Waals surface area contributed by atoms with Crippen LogP contribution in [0.4, 0.5) is 0 Å². The molecule has 0 radical (unpaired) electrons. The molecule has 0 saturated heterocycles.